The fraction of sp³-hybridized carbons (Fsp3) is 0.100. The number of nitrogens with two attached hydrogens (primary N) is 1. The van der Waals surface area contributed by atoms with Crippen LogP contribution in [0.15, 0.2) is 21.1 Å². The highest BCUT2D eigenvalue weighted by Gasteiger charge is 2.20. The molecule has 2 aromatic rings. The van der Waals surface area contributed by atoms with Crippen molar-refractivity contribution in [2.45, 2.75) is 6.92 Å². The van der Waals surface area contributed by atoms with Gasteiger partial charge < -0.3 is 10.3 Å². The summed E-state index contributed by atoms with van der Waals surface area (Å²) < 4.78 is 32.3. The first-order chi connectivity index (χ1) is 7.50. The molecule has 0 aliphatic heterocycles. The van der Waals surface area contributed by atoms with Gasteiger partial charge in [-0.1, -0.05) is 21.1 Å². The van der Waals surface area contributed by atoms with Crippen molar-refractivity contribution in [3.63, 3.8) is 0 Å². The van der Waals surface area contributed by atoms with Crippen molar-refractivity contribution >= 4 is 21.7 Å². The molecule has 3 nitrogen and oxygen atoms in total. The van der Waals surface area contributed by atoms with Crippen LogP contribution in [0.3, 0.4) is 0 Å². The summed E-state index contributed by atoms with van der Waals surface area (Å²) in [5, 5.41) is 3.45. The Balaban J connectivity index is 2.69. The molecule has 0 atom stereocenters. The van der Waals surface area contributed by atoms with E-state index in [0.717, 1.165) is 12.1 Å². The minimum atomic E-state index is -0.730. The van der Waals surface area contributed by atoms with Crippen molar-refractivity contribution in [3.8, 4) is 11.3 Å². The Morgan fingerprint density at radius 3 is 2.31 bits per heavy atom. The molecule has 1 aromatic heterocycles. The fourth-order valence-electron chi connectivity index (χ4n) is 1.34. The second-order valence-corrected chi connectivity index (χ2v) is 4.18. The normalized spacial score (nSPS) is 10.8. The molecule has 0 unspecified atom stereocenters. The maximum atomic E-state index is 13.6. The van der Waals surface area contributed by atoms with E-state index in [1.807, 2.05) is 0 Å². The van der Waals surface area contributed by atoms with Gasteiger partial charge in [-0.2, -0.15) is 0 Å². The standard InChI is InChI=1S/C10H7BrF2N2O/c1-4-9(16-15-10(4)14)8-6(12)2-5(11)3-7(8)13/h2-3H,1H3,(H2,14,15). The molecule has 0 saturated carbocycles. The monoisotopic (exact) mass is 288 g/mol. The number of nitrogens with zero attached hydrogens (tertiary/aromatic N) is 1. The first-order valence-corrected chi connectivity index (χ1v) is 5.16. The van der Waals surface area contributed by atoms with Gasteiger partial charge in [0.1, 0.15) is 11.6 Å². The summed E-state index contributed by atoms with van der Waals surface area (Å²) in [6, 6.07) is 2.30. The molecular formula is C10H7BrF2N2O. The number of rotatable bonds is 1. The van der Waals surface area contributed by atoms with Crippen molar-refractivity contribution in [1.29, 1.82) is 0 Å². The smallest absolute Gasteiger partial charge is 0.177 e. The molecule has 0 aliphatic carbocycles. The minimum absolute atomic E-state index is 0.0139. The van der Waals surface area contributed by atoms with E-state index in [4.69, 9.17) is 10.3 Å². The van der Waals surface area contributed by atoms with Gasteiger partial charge >= 0.3 is 0 Å². The molecule has 1 heterocycles. The number of anilines is 1. The summed E-state index contributed by atoms with van der Waals surface area (Å²) in [6.07, 6.45) is 0. The molecular weight excluding hydrogens is 282 g/mol. The van der Waals surface area contributed by atoms with Crippen LogP contribution in [0.4, 0.5) is 14.6 Å². The Kier molecular flexibility index (Phi) is 2.67. The van der Waals surface area contributed by atoms with E-state index in [-0.39, 0.29) is 17.1 Å². The molecule has 0 aliphatic rings. The number of hydrogen-bond acceptors (Lipinski definition) is 3. The van der Waals surface area contributed by atoms with Crippen LogP contribution in [-0.2, 0) is 0 Å². The summed E-state index contributed by atoms with van der Waals surface area (Å²) in [7, 11) is 0. The van der Waals surface area contributed by atoms with Gasteiger partial charge in [0.2, 0.25) is 0 Å². The van der Waals surface area contributed by atoms with E-state index in [0.29, 0.717) is 10.0 Å². The SMILES string of the molecule is Cc1c(N)noc1-c1c(F)cc(Br)cc1F. The van der Waals surface area contributed by atoms with Gasteiger partial charge in [0, 0.05) is 10.0 Å². The molecule has 16 heavy (non-hydrogen) atoms. The quantitative estimate of drug-likeness (QED) is 0.876. The molecule has 0 bridgehead atoms. The molecule has 6 heteroatoms. The van der Waals surface area contributed by atoms with Crippen molar-refractivity contribution in [3.05, 3.63) is 33.8 Å². The van der Waals surface area contributed by atoms with Crippen molar-refractivity contribution in [2.24, 2.45) is 0 Å². The van der Waals surface area contributed by atoms with Crippen molar-refractivity contribution < 1.29 is 13.3 Å². The lowest BCUT2D eigenvalue weighted by molar-refractivity contribution is 0.429. The molecule has 0 spiro atoms. The third-order valence-corrected chi connectivity index (χ3v) is 2.65. The van der Waals surface area contributed by atoms with Gasteiger partial charge in [-0.05, 0) is 19.1 Å². The molecule has 2 N–H and O–H groups in total. The summed E-state index contributed by atoms with van der Waals surface area (Å²) >= 11 is 2.99. The predicted molar refractivity (Wildman–Crippen MR) is 58.7 cm³/mol. The fourth-order valence-corrected chi connectivity index (χ4v) is 1.74. The zero-order valence-corrected chi connectivity index (χ0v) is 9.81. The lowest BCUT2D eigenvalue weighted by atomic mass is 10.1. The maximum absolute atomic E-state index is 13.6. The average molecular weight is 289 g/mol. The van der Waals surface area contributed by atoms with Crippen LogP contribution in [0.1, 0.15) is 5.56 Å². The number of hydrogen-bond donors (Lipinski definition) is 1. The largest absolute Gasteiger partial charge is 0.381 e. The van der Waals surface area contributed by atoms with Crippen LogP contribution < -0.4 is 5.73 Å². The van der Waals surface area contributed by atoms with Crippen LogP contribution >= 0.6 is 15.9 Å². The van der Waals surface area contributed by atoms with E-state index >= 15 is 0 Å². The Morgan fingerprint density at radius 2 is 1.88 bits per heavy atom. The molecule has 2 rings (SSSR count). The zero-order valence-electron chi connectivity index (χ0n) is 8.22. The van der Waals surface area contributed by atoms with Gasteiger partial charge in [0.25, 0.3) is 0 Å². The van der Waals surface area contributed by atoms with Gasteiger partial charge in [0.15, 0.2) is 11.6 Å². The first kappa shape index (κ1) is 11.1. The second-order valence-electron chi connectivity index (χ2n) is 3.27. The van der Waals surface area contributed by atoms with Crippen LogP contribution in [-0.4, -0.2) is 5.16 Å². The molecule has 84 valence electrons. The third-order valence-electron chi connectivity index (χ3n) is 2.19. The van der Waals surface area contributed by atoms with E-state index < -0.39 is 11.6 Å². The van der Waals surface area contributed by atoms with Crippen molar-refractivity contribution in [1.82, 2.24) is 5.16 Å². The van der Waals surface area contributed by atoms with E-state index in [1.165, 1.54) is 0 Å². The number of aromatic nitrogens is 1. The topological polar surface area (TPSA) is 52.0 Å². The zero-order chi connectivity index (χ0) is 11.9. The number of benzene rings is 1. The number of nitrogen functional groups attached to an aromatic ring is 1. The molecule has 1 aromatic carbocycles. The summed E-state index contributed by atoms with van der Waals surface area (Å²) in [5.41, 5.74) is 5.61. The van der Waals surface area contributed by atoms with Gasteiger partial charge in [-0.15, -0.1) is 0 Å². The third kappa shape index (κ3) is 1.69. The Hall–Kier alpha value is -1.43. The first-order valence-electron chi connectivity index (χ1n) is 4.37. The average Bonchev–Trinajstić information content (AvgIpc) is 2.48. The highest BCUT2D eigenvalue weighted by molar-refractivity contribution is 9.10. The maximum Gasteiger partial charge on any atom is 0.177 e. The van der Waals surface area contributed by atoms with Crippen LogP contribution in [0.5, 0.6) is 0 Å². The number of halogens is 3. The lowest BCUT2D eigenvalue weighted by Gasteiger charge is -2.02. The minimum Gasteiger partial charge on any atom is -0.381 e. The summed E-state index contributed by atoms with van der Waals surface area (Å²) in [6.45, 7) is 1.59. The Labute approximate surface area is 98.4 Å². The molecule has 0 fully saturated rings. The second kappa shape index (κ2) is 3.86. The van der Waals surface area contributed by atoms with Crippen molar-refractivity contribution in [2.75, 3.05) is 5.73 Å². The Bertz CT molecular complexity index is 531. The van der Waals surface area contributed by atoms with E-state index in [2.05, 4.69) is 21.1 Å². The lowest BCUT2D eigenvalue weighted by Crippen LogP contribution is -1.92. The molecule has 0 saturated heterocycles. The van der Waals surface area contributed by atoms with Gasteiger partial charge in [-0.25, -0.2) is 8.78 Å². The van der Waals surface area contributed by atoms with Gasteiger partial charge in [-0.3, -0.25) is 0 Å². The van der Waals surface area contributed by atoms with Crippen LogP contribution in [0.2, 0.25) is 0 Å². The van der Waals surface area contributed by atoms with Crippen LogP contribution in [0, 0.1) is 18.6 Å². The van der Waals surface area contributed by atoms with E-state index in [1.54, 1.807) is 6.92 Å². The van der Waals surface area contributed by atoms with Crippen LogP contribution in [0.25, 0.3) is 11.3 Å². The highest BCUT2D eigenvalue weighted by atomic mass is 79.9. The van der Waals surface area contributed by atoms with E-state index in [9.17, 15) is 8.78 Å². The predicted octanol–water partition coefficient (Wildman–Crippen LogP) is 3.27. The molecule has 0 amide bonds. The highest BCUT2D eigenvalue weighted by Crippen LogP contribution is 2.32. The summed E-state index contributed by atoms with van der Waals surface area (Å²) in [5.74, 6) is -1.33. The van der Waals surface area contributed by atoms with Gasteiger partial charge in [0.05, 0.1) is 5.56 Å². The summed E-state index contributed by atoms with van der Waals surface area (Å²) in [4.78, 5) is 0. The molecule has 0 radical (unpaired) electrons. The Morgan fingerprint density at radius 1 is 1.31 bits per heavy atom.